The summed E-state index contributed by atoms with van der Waals surface area (Å²) < 4.78 is 0. The quantitative estimate of drug-likeness (QED) is 0.806. The lowest BCUT2D eigenvalue weighted by molar-refractivity contribution is -0.122. The lowest BCUT2D eigenvalue weighted by atomic mass is 10.1. The van der Waals surface area contributed by atoms with Gasteiger partial charge in [0, 0.05) is 18.7 Å². The second-order valence-corrected chi connectivity index (χ2v) is 4.47. The highest BCUT2D eigenvalue weighted by atomic mass is 16.2. The summed E-state index contributed by atoms with van der Waals surface area (Å²) in [5, 5.41) is 2.84. The van der Waals surface area contributed by atoms with Gasteiger partial charge in [-0.1, -0.05) is 13.3 Å². The summed E-state index contributed by atoms with van der Waals surface area (Å²) in [6, 6.07) is -0.219. The Kier molecular flexibility index (Phi) is 3.64. The summed E-state index contributed by atoms with van der Waals surface area (Å²) in [4.78, 5) is 22.1. The maximum absolute atomic E-state index is 11.7. The van der Waals surface area contributed by atoms with Crippen molar-refractivity contribution >= 4 is 17.5 Å². The average molecular weight is 249 g/mol. The first kappa shape index (κ1) is 12.6. The van der Waals surface area contributed by atoms with Gasteiger partial charge in [0.2, 0.25) is 5.91 Å². The number of nitrogen functional groups attached to an aromatic ring is 1. The molecule has 0 bridgehead atoms. The summed E-state index contributed by atoms with van der Waals surface area (Å²) >= 11 is 0. The van der Waals surface area contributed by atoms with Crippen LogP contribution in [0.15, 0.2) is 6.33 Å². The van der Waals surface area contributed by atoms with Crippen LogP contribution in [0, 0.1) is 0 Å². The van der Waals surface area contributed by atoms with Crippen molar-refractivity contribution in [2.45, 2.75) is 32.7 Å². The molecule has 1 unspecified atom stereocenters. The van der Waals surface area contributed by atoms with Gasteiger partial charge in [-0.05, 0) is 13.3 Å². The monoisotopic (exact) mass is 249 g/mol. The molecule has 2 heterocycles. The SMILES string of the molecule is CCCc1c(N)ncnc1N1CCNC(=O)C1C. The molecule has 1 aromatic rings. The van der Waals surface area contributed by atoms with Crippen LogP contribution in [-0.4, -0.2) is 35.0 Å². The molecule has 1 aliphatic rings. The molecular formula is C12H19N5O. The first-order chi connectivity index (χ1) is 8.65. The Balaban J connectivity index is 2.37. The Morgan fingerprint density at radius 3 is 3.06 bits per heavy atom. The molecule has 1 atom stereocenters. The third-order valence-electron chi connectivity index (χ3n) is 3.23. The van der Waals surface area contributed by atoms with Crippen LogP contribution in [0.3, 0.4) is 0 Å². The van der Waals surface area contributed by atoms with E-state index in [4.69, 9.17) is 5.73 Å². The standard InChI is InChI=1S/C12H19N5O/c1-3-4-9-10(13)15-7-16-11(9)17-6-5-14-12(18)8(17)2/h7-8H,3-6H2,1-2H3,(H,14,18)(H2,13,15,16). The van der Waals surface area contributed by atoms with Crippen LogP contribution in [-0.2, 0) is 11.2 Å². The van der Waals surface area contributed by atoms with Crippen LogP contribution in [0.1, 0.15) is 25.8 Å². The fourth-order valence-corrected chi connectivity index (χ4v) is 2.23. The molecule has 1 amide bonds. The van der Waals surface area contributed by atoms with E-state index in [-0.39, 0.29) is 11.9 Å². The van der Waals surface area contributed by atoms with Crippen molar-refractivity contribution in [2.75, 3.05) is 23.7 Å². The molecule has 0 spiro atoms. The summed E-state index contributed by atoms with van der Waals surface area (Å²) in [5.74, 6) is 1.34. The minimum Gasteiger partial charge on any atom is -0.383 e. The van der Waals surface area contributed by atoms with E-state index in [1.54, 1.807) is 0 Å². The Morgan fingerprint density at radius 1 is 1.56 bits per heavy atom. The molecule has 1 fully saturated rings. The van der Waals surface area contributed by atoms with Crippen molar-refractivity contribution < 1.29 is 4.79 Å². The zero-order valence-electron chi connectivity index (χ0n) is 10.8. The number of amides is 1. The van der Waals surface area contributed by atoms with Gasteiger partial charge in [-0.2, -0.15) is 0 Å². The molecule has 0 aromatic carbocycles. The number of rotatable bonds is 3. The van der Waals surface area contributed by atoms with Crippen molar-refractivity contribution in [1.29, 1.82) is 0 Å². The Hall–Kier alpha value is -1.85. The molecule has 18 heavy (non-hydrogen) atoms. The van der Waals surface area contributed by atoms with Gasteiger partial charge in [-0.25, -0.2) is 9.97 Å². The molecule has 6 nitrogen and oxygen atoms in total. The number of hydrogen-bond donors (Lipinski definition) is 2. The largest absolute Gasteiger partial charge is 0.383 e. The van der Waals surface area contributed by atoms with Gasteiger partial charge < -0.3 is 16.0 Å². The van der Waals surface area contributed by atoms with E-state index in [1.807, 2.05) is 11.8 Å². The third-order valence-corrected chi connectivity index (χ3v) is 3.23. The number of piperazine rings is 1. The first-order valence-electron chi connectivity index (χ1n) is 6.28. The van der Waals surface area contributed by atoms with E-state index in [0.717, 1.165) is 30.8 Å². The maximum Gasteiger partial charge on any atom is 0.242 e. The number of nitrogens with one attached hydrogen (secondary N) is 1. The highest BCUT2D eigenvalue weighted by molar-refractivity contribution is 5.86. The minimum atomic E-state index is -0.219. The van der Waals surface area contributed by atoms with E-state index in [1.165, 1.54) is 6.33 Å². The molecule has 0 saturated carbocycles. The number of aromatic nitrogens is 2. The smallest absolute Gasteiger partial charge is 0.242 e. The average Bonchev–Trinajstić information content (AvgIpc) is 2.36. The fourth-order valence-electron chi connectivity index (χ4n) is 2.23. The van der Waals surface area contributed by atoms with Crippen LogP contribution >= 0.6 is 0 Å². The number of anilines is 2. The molecule has 0 aliphatic carbocycles. The number of carbonyl (C=O) groups is 1. The van der Waals surface area contributed by atoms with E-state index < -0.39 is 0 Å². The summed E-state index contributed by atoms with van der Waals surface area (Å²) in [7, 11) is 0. The minimum absolute atomic E-state index is 0.0286. The second kappa shape index (κ2) is 5.20. The van der Waals surface area contributed by atoms with Gasteiger partial charge in [0.25, 0.3) is 0 Å². The lowest BCUT2D eigenvalue weighted by Gasteiger charge is -2.34. The molecule has 1 saturated heterocycles. The van der Waals surface area contributed by atoms with E-state index >= 15 is 0 Å². The van der Waals surface area contributed by atoms with Gasteiger partial charge in [-0.3, -0.25) is 4.79 Å². The third kappa shape index (κ3) is 2.23. The van der Waals surface area contributed by atoms with Gasteiger partial charge in [0.05, 0.1) is 0 Å². The maximum atomic E-state index is 11.7. The van der Waals surface area contributed by atoms with Crippen molar-refractivity contribution in [1.82, 2.24) is 15.3 Å². The van der Waals surface area contributed by atoms with Gasteiger partial charge >= 0.3 is 0 Å². The lowest BCUT2D eigenvalue weighted by Crippen LogP contribution is -2.54. The molecule has 6 heteroatoms. The summed E-state index contributed by atoms with van der Waals surface area (Å²) in [5.41, 5.74) is 6.86. The van der Waals surface area contributed by atoms with E-state index in [2.05, 4.69) is 22.2 Å². The first-order valence-corrected chi connectivity index (χ1v) is 6.28. The highest BCUT2D eigenvalue weighted by Gasteiger charge is 2.28. The van der Waals surface area contributed by atoms with Gasteiger partial charge in [0.15, 0.2) is 0 Å². The van der Waals surface area contributed by atoms with Crippen LogP contribution in [0.4, 0.5) is 11.6 Å². The fraction of sp³-hybridized carbons (Fsp3) is 0.583. The Morgan fingerprint density at radius 2 is 2.33 bits per heavy atom. The van der Waals surface area contributed by atoms with E-state index in [9.17, 15) is 4.79 Å². The predicted molar refractivity (Wildman–Crippen MR) is 70.3 cm³/mol. The number of nitrogens with zero attached hydrogens (tertiary/aromatic N) is 3. The normalized spacial score (nSPS) is 19.8. The molecule has 1 aliphatic heterocycles. The van der Waals surface area contributed by atoms with Crippen molar-refractivity contribution in [3.63, 3.8) is 0 Å². The Labute approximate surface area is 107 Å². The zero-order valence-corrected chi connectivity index (χ0v) is 10.8. The summed E-state index contributed by atoms with van der Waals surface area (Å²) in [6.07, 6.45) is 3.26. The van der Waals surface area contributed by atoms with Crippen LogP contribution in [0.25, 0.3) is 0 Å². The van der Waals surface area contributed by atoms with Crippen LogP contribution in [0.5, 0.6) is 0 Å². The van der Waals surface area contributed by atoms with Gasteiger partial charge in [-0.15, -0.1) is 0 Å². The molecule has 2 rings (SSSR count). The number of hydrogen-bond acceptors (Lipinski definition) is 5. The molecule has 98 valence electrons. The highest BCUT2D eigenvalue weighted by Crippen LogP contribution is 2.25. The summed E-state index contributed by atoms with van der Waals surface area (Å²) in [6.45, 7) is 5.35. The van der Waals surface area contributed by atoms with Gasteiger partial charge in [0.1, 0.15) is 24.0 Å². The van der Waals surface area contributed by atoms with Crippen molar-refractivity contribution in [2.24, 2.45) is 0 Å². The van der Waals surface area contributed by atoms with Crippen molar-refractivity contribution in [3.8, 4) is 0 Å². The Bertz CT molecular complexity index is 448. The number of carbonyl (C=O) groups excluding carboxylic acids is 1. The molecule has 3 N–H and O–H groups in total. The number of nitrogens with two attached hydrogens (primary N) is 1. The predicted octanol–water partition coefficient (Wildman–Crippen LogP) is 0.336. The topological polar surface area (TPSA) is 84.1 Å². The van der Waals surface area contributed by atoms with Crippen LogP contribution < -0.4 is 16.0 Å². The van der Waals surface area contributed by atoms with E-state index in [0.29, 0.717) is 12.4 Å². The zero-order chi connectivity index (χ0) is 13.1. The van der Waals surface area contributed by atoms with Crippen LogP contribution in [0.2, 0.25) is 0 Å². The molecule has 1 aromatic heterocycles. The second-order valence-electron chi connectivity index (χ2n) is 4.47. The molecular weight excluding hydrogens is 230 g/mol. The van der Waals surface area contributed by atoms with Crippen molar-refractivity contribution in [3.05, 3.63) is 11.9 Å². The molecule has 0 radical (unpaired) electrons.